The molecule has 130 valence electrons. The zero-order valence-corrected chi connectivity index (χ0v) is 14.6. The fourth-order valence-corrected chi connectivity index (χ4v) is 2.53. The molecule has 1 N–H and O–H groups in total. The Bertz CT molecular complexity index is 868. The molecule has 0 saturated carbocycles. The Kier molecular flexibility index (Phi) is 4.65. The molecule has 0 aliphatic heterocycles. The number of rotatable bonds is 5. The van der Waals surface area contributed by atoms with Crippen LogP contribution in [0.4, 0.5) is 0 Å². The van der Waals surface area contributed by atoms with Crippen molar-refractivity contribution < 1.29 is 13.7 Å². The highest BCUT2D eigenvalue weighted by Crippen LogP contribution is 2.24. The molecule has 3 rings (SSSR count). The molecule has 3 aromatic rings. The van der Waals surface area contributed by atoms with Crippen LogP contribution in [-0.2, 0) is 0 Å². The monoisotopic (exact) mass is 340 g/mol. The minimum absolute atomic E-state index is 0.0531. The van der Waals surface area contributed by atoms with Crippen LogP contribution in [0, 0.1) is 19.8 Å². The summed E-state index contributed by atoms with van der Waals surface area (Å²) in [6, 6.07) is 9.10. The average Bonchev–Trinajstić information content (AvgIpc) is 3.19. The molecule has 0 fully saturated rings. The lowest BCUT2D eigenvalue weighted by atomic mass is 10.0. The standard InChI is InChI=1S/C18H20N4O3/c1-10(2)14(20-17(23)15-11(3)19-12(4)24-15)18-21-16(22-25-18)13-8-6-5-7-9-13/h5-10,14H,1-4H3,(H,20,23)/t14-/m0/s1. The lowest BCUT2D eigenvalue weighted by molar-refractivity contribution is 0.0883. The topological polar surface area (TPSA) is 94.1 Å². The van der Waals surface area contributed by atoms with E-state index in [9.17, 15) is 4.79 Å². The summed E-state index contributed by atoms with van der Waals surface area (Å²) in [5, 5.41) is 6.92. The summed E-state index contributed by atoms with van der Waals surface area (Å²) in [5.41, 5.74) is 1.40. The first-order valence-corrected chi connectivity index (χ1v) is 8.09. The van der Waals surface area contributed by atoms with Crippen molar-refractivity contribution >= 4 is 5.91 Å². The second-order valence-electron chi connectivity index (χ2n) is 6.16. The number of aryl methyl sites for hydroxylation is 2. The van der Waals surface area contributed by atoms with Gasteiger partial charge in [-0.2, -0.15) is 4.98 Å². The summed E-state index contributed by atoms with van der Waals surface area (Å²) in [6.07, 6.45) is 0. The SMILES string of the molecule is Cc1nc(C)c(C(=O)N[C@H](c2nc(-c3ccccc3)no2)C(C)C)o1. The van der Waals surface area contributed by atoms with Gasteiger partial charge in [0.15, 0.2) is 5.89 Å². The van der Waals surface area contributed by atoms with Crippen molar-refractivity contribution in [1.82, 2.24) is 20.4 Å². The smallest absolute Gasteiger partial charge is 0.289 e. The van der Waals surface area contributed by atoms with Crippen LogP contribution in [0.5, 0.6) is 0 Å². The predicted octanol–water partition coefficient (Wildman–Crippen LogP) is 3.47. The third kappa shape index (κ3) is 3.60. The van der Waals surface area contributed by atoms with Crippen LogP contribution in [0.1, 0.15) is 47.9 Å². The molecule has 0 aliphatic rings. The molecule has 0 unspecified atom stereocenters. The van der Waals surface area contributed by atoms with Crippen LogP contribution in [0.3, 0.4) is 0 Å². The predicted molar refractivity (Wildman–Crippen MR) is 90.8 cm³/mol. The van der Waals surface area contributed by atoms with Crippen molar-refractivity contribution in [2.75, 3.05) is 0 Å². The zero-order valence-electron chi connectivity index (χ0n) is 14.6. The van der Waals surface area contributed by atoms with E-state index in [2.05, 4.69) is 20.4 Å². The van der Waals surface area contributed by atoms with Crippen molar-refractivity contribution in [3.63, 3.8) is 0 Å². The van der Waals surface area contributed by atoms with Crippen LogP contribution in [0.2, 0.25) is 0 Å². The van der Waals surface area contributed by atoms with Gasteiger partial charge in [0.05, 0.1) is 5.69 Å². The van der Waals surface area contributed by atoms with Crippen molar-refractivity contribution in [3.05, 3.63) is 53.6 Å². The number of benzene rings is 1. The lowest BCUT2D eigenvalue weighted by Gasteiger charge is -2.17. The molecule has 1 atom stereocenters. The van der Waals surface area contributed by atoms with Gasteiger partial charge in [0.2, 0.25) is 17.5 Å². The minimum atomic E-state index is -0.428. The maximum absolute atomic E-state index is 12.5. The Balaban J connectivity index is 1.83. The van der Waals surface area contributed by atoms with Gasteiger partial charge >= 0.3 is 0 Å². The summed E-state index contributed by atoms with van der Waals surface area (Å²) in [7, 11) is 0. The Morgan fingerprint density at radius 3 is 2.44 bits per heavy atom. The second kappa shape index (κ2) is 6.88. The highest BCUT2D eigenvalue weighted by atomic mass is 16.5. The normalized spacial score (nSPS) is 12.4. The molecule has 0 saturated heterocycles. The van der Waals surface area contributed by atoms with Crippen molar-refractivity contribution in [1.29, 1.82) is 0 Å². The van der Waals surface area contributed by atoms with E-state index >= 15 is 0 Å². The molecule has 0 radical (unpaired) electrons. The van der Waals surface area contributed by atoms with E-state index < -0.39 is 6.04 Å². The van der Waals surface area contributed by atoms with Crippen molar-refractivity contribution in [2.24, 2.45) is 5.92 Å². The van der Waals surface area contributed by atoms with Gasteiger partial charge in [-0.05, 0) is 12.8 Å². The number of hydrogen-bond donors (Lipinski definition) is 1. The second-order valence-corrected chi connectivity index (χ2v) is 6.16. The van der Waals surface area contributed by atoms with Gasteiger partial charge in [0.25, 0.3) is 5.91 Å². The van der Waals surface area contributed by atoms with Crippen LogP contribution in [-0.4, -0.2) is 21.0 Å². The first kappa shape index (κ1) is 16.9. The van der Waals surface area contributed by atoms with Crippen LogP contribution >= 0.6 is 0 Å². The maximum atomic E-state index is 12.5. The van der Waals surface area contributed by atoms with E-state index in [1.54, 1.807) is 13.8 Å². The summed E-state index contributed by atoms with van der Waals surface area (Å²) in [5.74, 6) is 1.20. The quantitative estimate of drug-likeness (QED) is 0.764. The third-order valence-electron chi connectivity index (χ3n) is 3.80. The van der Waals surface area contributed by atoms with Gasteiger partial charge in [-0.15, -0.1) is 0 Å². The van der Waals surface area contributed by atoms with E-state index in [1.807, 2.05) is 44.2 Å². The molecule has 0 aliphatic carbocycles. The summed E-state index contributed by atoms with van der Waals surface area (Å²) in [4.78, 5) is 21.1. The fourth-order valence-electron chi connectivity index (χ4n) is 2.53. The molecule has 2 aromatic heterocycles. The van der Waals surface area contributed by atoms with Crippen LogP contribution in [0.15, 0.2) is 39.3 Å². The van der Waals surface area contributed by atoms with E-state index in [4.69, 9.17) is 8.94 Å². The number of oxazole rings is 1. The highest BCUT2D eigenvalue weighted by molar-refractivity contribution is 5.92. The Morgan fingerprint density at radius 2 is 1.84 bits per heavy atom. The number of hydrogen-bond acceptors (Lipinski definition) is 6. The molecular weight excluding hydrogens is 320 g/mol. The first-order chi connectivity index (χ1) is 12.0. The number of aromatic nitrogens is 3. The third-order valence-corrected chi connectivity index (χ3v) is 3.80. The molecule has 1 amide bonds. The average molecular weight is 340 g/mol. The molecule has 7 heteroatoms. The summed E-state index contributed by atoms with van der Waals surface area (Å²) in [6.45, 7) is 7.37. The Labute approximate surface area is 145 Å². The largest absolute Gasteiger partial charge is 0.436 e. The maximum Gasteiger partial charge on any atom is 0.289 e. The van der Waals surface area contributed by atoms with Crippen LogP contribution < -0.4 is 5.32 Å². The number of nitrogens with one attached hydrogen (secondary N) is 1. The summed E-state index contributed by atoms with van der Waals surface area (Å²) >= 11 is 0. The van der Waals surface area contributed by atoms with Gasteiger partial charge in [-0.3, -0.25) is 4.79 Å². The molecule has 0 spiro atoms. The molecule has 2 heterocycles. The van der Waals surface area contributed by atoms with E-state index in [1.165, 1.54) is 0 Å². The van der Waals surface area contributed by atoms with Gasteiger partial charge in [0, 0.05) is 12.5 Å². The Morgan fingerprint density at radius 1 is 1.12 bits per heavy atom. The molecule has 0 bridgehead atoms. The van der Waals surface area contributed by atoms with E-state index in [-0.39, 0.29) is 17.6 Å². The number of amides is 1. The summed E-state index contributed by atoms with van der Waals surface area (Å²) < 4.78 is 10.8. The Hall–Kier alpha value is -2.96. The molecule has 7 nitrogen and oxygen atoms in total. The minimum Gasteiger partial charge on any atom is -0.436 e. The number of nitrogens with zero attached hydrogens (tertiary/aromatic N) is 3. The number of carbonyl (C=O) groups is 1. The fraction of sp³-hybridized carbons (Fsp3) is 0.333. The van der Waals surface area contributed by atoms with Gasteiger partial charge < -0.3 is 14.3 Å². The van der Waals surface area contributed by atoms with Gasteiger partial charge in [-0.1, -0.05) is 49.3 Å². The van der Waals surface area contributed by atoms with E-state index in [0.717, 1.165) is 5.56 Å². The molecule has 25 heavy (non-hydrogen) atoms. The lowest BCUT2D eigenvalue weighted by Crippen LogP contribution is -2.32. The van der Waals surface area contributed by atoms with Gasteiger partial charge in [0.1, 0.15) is 6.04 Å². The van der Waals surface area contributed by atoms with Crippen molar-refractivity contribution in [3.8, 4) is 11.4 Å². The van der Waals surface area contributed by atoms with Crippen molar-refractivity contribution in [2.45, 2.75) is 33.7 Å². The number of carbonyl (C=O) groups excluding carboxylic acids is 1. The van der Waals surface area contributed by atoms with Crippen LogP contribution in [0.25, 0.3) is 11.4 Å². The highest BCUT2D eigenvalue weighted by Gasteiger charge is 2.27. The van der Waals surface area contributed by atoms with E-state index in [0.29, 0.717) is 23.3 Å². The van der Waals surface area contributed by atoms with Gasteiger partial charge in [-0.25, -0.2) is 4.98 Å². The molecule has 1 aromatic carbocycles. The first-order valence-electron chi connectivity index (χ1n) is 8.09. The zero-order chi connectivity index (χ0) is 18.0. The molecular formula is C18H20N4O3.